The van der Waals surface area contributed by atoms with E-state index >= 15 is 0 Å². The zero-order chi connectivity index (χ0) is 13.2. The average Bonchev–Trinajstić information content (AvgIpc) is 2.33. The topological polar surface area (TPSA) is 72.0 Å². The van der Waals surface area contributed by atoms with E-state index in [1.807, 2.05) is 0 Å². The van der Waals surface area contributed by atoms with Gasteiger partial charge in [-0.1, -0.05) is 11.6 Å². The van der Waals surface area contributed by atoms with Crippen molar-refractivity contribution < 1.29 is 12.8 Å². The Balaban J connectivity index is 2.34. The first kappa shape index (κ1) is 12.7. The second-order valence-electron chi connectivity index (χ2n) is 3.31. The van der Waals surface area contributed by atoms with Crippen molar-refractivity contribution in [1.82, 2.24) is 10.2 Å². The van der Waals surface area contributed by atoms with Crippen LogP contribution in [0.25, 0.3) is 0 Å². The molecule has 0 amide bonds. The molecular formula is C10H7ClFN3O2S. The summed E-state index contributed by atoms with van der Waals surface area (Å²) in [4.78, 5) is -0.134. The predicted octanol–water partition coefficient (Wildman–Crippen LogP) is 2.07. The summed E-state index contributed by atoms with van der Waals surface area (Å²) >= 11 is 5.53. The second-order valence-corrected chi connectivity index (χ2v) is 5.40. The van der Waals surface area contributed by atoms with E-state index < -0.39 is 15.8 Å². The molecule has 0 unspecified atom stereocenters. The fraction of sp³-hybridized carbons (Fsp3) is 0. The van der Waals surface area contributed by atoms with Gasteiger partial charge in [-0.15, -0.1) is 0 Å². The lowest BCUT2D eigenvalue weighted by atomic mass is 10.3. The third kappa shape index (κ3) is 2.74. The van der Waals surface area contributed by atoms with E-state index in [1.54, 1.807) is 0 Å². The fourth-order valence-corrected chi connectivity index (χ4v) is 2.52. The van der Waals surface area contributed by atoms with Crippen molar-refractivity contribution in [2.45, 2.75) is 4.90 Å². The van der Waals surface area contributed by atoms with Crippen molar-refractivity contribution >= 4 is 27.3 Å². The molecule has 2 rings (SSSR count). The van der Waals surface area contributed by atoms with E-state index in [-0.39, 0.29) is 15.6 Å². The monoisotopic (exact) mass is 287 g/mol. The summed E-state index contributed by atoms with van der Waals surface area (Å²) in [6.07, 6.45) is 2.60. The van der Waals surface area contributed by atoms with E-state index in [2.05, 4.69) is 14.9 Å². The van der Waals surface area contributed by atoms with Gasteiger partial charge in [0, 0.05) is 0 Å². The highest BCUT2D eigenvalue weighted by Gasteiger charge is 2.16. The van der Waals surface area contributed by atoms with Crippen molar-refractivity contribution in [3.63, 3.8) is 0 Å². The number of hydrogen-bond donors (Lipinski definition) is 1. The minimum atomic E-state index is -3.82. The molecule has 0 aliphatic carbocycles. The van der Waals surface area contributed by atoms with Gasteiger partial charge in [0.25, 0.3) is 10.0 Å². The van der Waals surface area contributed by atoms with Crippen molar-refractivity contribution in [3.8, 4) is 0 Å². The van der Waals surface area contributed by atoms with Crippen molar-refractivity contribution in [1.29, 1.82) is 0 Å². The third-order valence-corrected chi connectivity index (χ3v) is 3.71. The summed E-state index contributed by atoms with van der Waals surface area (Å²) in [7, 11) is -3.82. The number of sulfonamides is 1. The van der Waals surface area contributed by atoms with E-state index in [1.165, 1.54) is 18.5 Å². The Morgan fingerprint density at radius 3 is 2.61 bits per heavy atom. The lowest BCUT2D eigenvalue weighted by Gasteiger charge is -2.07. The number of aromatic nitrogens is 2. The Morgan fingerprint density at radius 1 is 1.22 bits per heavy atom. The first-order valence-corrected chi connectivity index (χ1v) is 6.60. The van der Waals surface area contributed by atoms with Crippen molar-refractivity contribution in [2.24, 2.45) is 0 Å². The summed E-state index contributed by atoms with van der Waals surface area (Å²) in [6, 6.07) is 4.59. The van der Waals surface area contributed by atoms with Crippen LogP contribution in [0.15, 0.2) is 41.6 Å². The average molecular weight is 288 g/mol. The SMILES string of the molecule is O=S(=O)(Nc1ccnnc1)c1ccc(F)c(Cl)c1. The fourth-order valence-electron chi connectivity index (χ4n) is 1.21. The van der Waals surface area contributed by atoms with Gasteiger partial charge in [-0.05, 0) is 24.3 Å². The molecule has 0 bridgehead atoms. The highest BCUT2D eigenvalue weighted by molar-refractivity contribution is 7.92. The molecule has 0 radical (unpaired) electrons. The zero-order valence-electron chi connectivity index (χ0n) is 8.84. The van der Waals surface area contributed by atoms with Crippen LogP contribution in [0.2, 0.25) is 5.02 Å². The summed E-state index contributed by atoms with van der Waals surface area (Å²) in [5.74, 6) is -0.679. The summed E-state index contributed by atoms with van der Waals surface area (Å²) in [6.45, 7) is 0. The Hall–Kier alpha value is -1.73. The number of nitrogens with one attached hydrogen (secondary N) is 1. The molecule has 1 N–H and O–H groups in total. The van der Waals surface area contributed by atoms with Gasteiger partial charge in [0.2, 0.25) is 0 Å². The van der Waals surface area contributed by atoms with Gasteiger partial charge in [0.05, 0.1) is 28.0 Å². The summed E-state index contributed by atoms with van der Waals surface area (Å²) in [5, 5.41) is 6.79. The molecule has 1 heterocycles. The second kappa shape index (κ2) is 4.87. The Labute approximate surface area is 108 Å². The van der Waals surface area contributed by atoms with Crippen molar-refractivity contribution in [2.75, 3.05) is 4.72 Å². The molecule has 18 heavy (non-hydrogen) atoms. The molecule has 0 aliphatic rings. The van der Waals surface area contributed by atoms with Crippen LogP contribution in [0.1, 0.15) is 0 Å². The molecule has 2 aromatic rings. The Bertz CT molecular complexity index is 664. The molecule has 8 heteroatoms. The van der Waals surface area contributed by atoms with Crippen LogP contribution >= 0.6 is 11.6 Å². The van der Waals surface area contributed by atoms with Crippen molar-refractivity contribution in [3.05, 3.63) is 47.5 Å². The van der Waals surface area contributed by atoms with Crippen LogP contribution in [0.4, 0.5) is 10.1 Å². The molecule has 5 nitrogen and oxygen atoms in total. The standard InChI is InChI=1S/C10H7ClFN3O2S/c11-9-5-8(1-2-10(9)12)18(16,17)15-7-3-4-13-14-6-7/h1-6H,(H,13,15). The maximum Gasteiger partial charge on any atom is 0.261 e. The van der Waals surface area contributed by atoms with Gasteiger partial charge in [-0.25, -0.2) is 12.8 Å². The summed E-state index contributed by atoms with van der Waals surface area (Å²) in [5.41, 5.74) is 0.255. The highest BCUT2D eigenvalue weighted by atomic mass is 35.5. The van der Waals surface area contributed by atoms with Crippen LogP contribution in [0, 0.1) is 5.82 Å². The van der Waals surface area contributed by atoms with Crippen LogP contribution in [0.3, 0.4) is 0 Å². The molecule has 0 saturated heterocycles. The Morgan fingerprint density at radius 2 is 2.00 bits per heavy atom. The maximum absolute atomic E-state index is 12.9. The Kier molecular flexibility index (Phi) is 3.44. The first-order chi connectivity index (χ1) is 8.49. The summed E-state index contributed by atoms with van der Waals surface area (Å²) < 4.78 is 39.1. The van der Waals surface area contributed by atoms with Crippen LogP contribution in [-0.2, 0) is 10.0 Å². The molecule has 0 saturated carbocycles. The van der Waals surface area contributed by atoms with E-state index in [9.17, 15) is 12.8 Å². The van der Waals surface area contributed by atoms with Crippen LogP contribution in [-0.4, -0.2) is 18.6 Å². The number of rotatable bonds is 3. The minimum absolute atomic E-state index is 0.134. The molecular weight excluding hydrogens is 281 g/mol. The van der Waals surface area contributed by atoms with E-state index in [0.717, 1.165) is 18.2 Å². The van der Waals surface area contributed by atoms with Gasteiger partial charge >= 0.3 is 0 Å². The van der Waals surface area contributed by atoms with Crippen LogP contribution < -0.4 is 4.72 Å². The molecule has 0 aliphatic heterocycles. The zero-order valence-corrected chi connectivity index (χ0v) is 10.4. The molecule has 1 aromatic heterocycles. The molecule has 0 fully saturated rings. The first-order valence-electron chi connectivity index (χ1n) is 4.73. The van der Waals surface area contributed by atoms with Crippen LogP contribution in [0.5, 0.6) is 0 Å². The van der Waals surface area contributed by atoms with E-state index in [0.29, 0.717) is 0 Å². The molecule has 1 aromatic carbocycles. The predicted molar refractivity (Wildman–Crippen MR) is 64.3 cm³/mol. The lowest BCUT2D eigenvalue weighted by Crippen LogP contribution is -2.13. The number of benzene rings is 1. The number of nitrogens with zero attached hydrogens (tertiary/aromatic N) is 2. The highest BCUT2D eigenvalue weighted by Crippen LogP contribution is 2.21. The normalized spacial score (nSPS) is 11.2. The molecule has 94 valence electrons. The largest absolute Gasteiger partial charge is 0.278 e. The van der Waals surface area contributed by atoms with E-state index in [4.69, 9.17) is 11.6 Å². The van der Waals surface area contributed by atoms with Gasteiger partial charge < -0.3 is 0 Å². The van der Waals surface area contributed by atoms with Gasteiger partial charge in [-0.3, -0.25) is 4.72 Å². The molecule has 0 spiro atoms. The maximum atomic E-state index is 12.9. The van der Waals surface area contributed by atoms with Gasteiger partial charge in [0.1, 0.15) is 5.82 Å². The quantitative estimate of drug-likeness (QED) is 0.938. The number of anilines is 1. The smallest absolute Gasteiger partial charge is 0.261 e. The van der Waals surface area contributed by atoms with Gasteiger partial charge in [0.15, 0.2) is 0 Å². The third-order valence-electron chi connectivity index (χ3n) is 2.04. The van der Waals surface area contributed by atoms with Gasteiger partial charge in [-0.2, -0.15) is 10.2 Å². The molecule has 0 atom stereocenters. The minimum Gasteiger partial charge on any atom is -0.278 e. The lowest BCUT2D eigenvalue weighted by molar-refractivity contribution is 0.599. The number of halogens is 2. The number of hydrogen-bond acceptors (Lipinski definition) is 4.